The molecule has 1 saturated carbocycles. The van der Waals surface area contributed by atoms with Gasteiger partial charge in [-0.1, -0.05) is 39.8 Å². The predicted molar refractivity (Wildman–Crippen MR) is 87.9 cm³/mol. The summed E-state index contributed by atoms with van der Waals surface area (Å²) in [4.78, 5) is 0. The van der Waals surface area contributed by atoms with Crippen LogP contribution in [0.1, 0.15) is 59.4 Å². The Kier molecular flexibility index (Phi) is 4.77. The third-order valence-corrected chi connectivity index (χ3v) is 4.53. The first-order valence-electron chi connectivity index (χ1n) is 8.16. The van der Waals surface area contributed by atoms with Crippen molar-refractivity contribution in [3.63, 3.8) is 0 Å². The minimum absolute atomic E-state index is 0.157. The summed E-state index contributed by atoms with van der Waals surface area (Å²) in [7, 11) is 0. The molecule has 1 fully saturated rings. The Bertz CT molecular complexity index is 445. The van der Waals surface area contributed by atoms with Gasteiger partial charge in [0.2, 0.25) is 0 Å². The zero-order chi connectivity index (χ0) is 15.7. The summed E-state index contributed by atoms with van der Waals surface area (Å²) >= 11 is 0. The molecule has 1 aromatic carbocycles. The van der Waals surface area contributed by atoms with Crippen molar-refractivity contribution in [1.29, 1.82) is 0 Å². The van der Waals surface area contributed by atoms with Crippen molar-refractivity contribution in [2.75, 3.05) is 0 Å². The van der Waals surface area contributed by atoms with Gasteiger partial charge in [0.05, 0.1) is 0 Å². The second-order valence-electron chi connectivity index (χ2n) is 8.51. The van der Waals surface area contributed by atoms with E-state index in [4.69, 9.17) is 0 Å². The fourth-order valence-corrected chi connectivity index (χ4v) is 4.40. The van der Waals surface area contributed by atoms with Crippen molar-refractivity contribution in [2.24, 2.45) is 10.8 Å². The molecule has 0 aliphatic heterocycles. The van der Waals surface area contributed by atoms with E-state index in [0.29, 0.717) is 22.9 Å². The number of hydrogen-bond donors (Lipinski definition) is 1. The molecule has 1 aromatic rings. The Hall–Kier alpha value is -0.890. The molecule has 2 heteroatoms. The van der Waals surface area contributed by atoms with Crippen molar-refractivity contribution >= 4 is 0 Å². The standard InChI is InChI=1S/C19H30FN/c1-14(10-15-6-8-16(20)9-7-15)21-17-11-18(2,3)13-19(4,5)12-17/h6-9,14,17,21H,10-13H2,1-5H3. The highest BCUT2D eigenvalue weighted by Crippen LogP contribution is 2.45. The van der Waals surface area contributed by atoms with Gasteiger partial charge in [0.15, 0.2) is 0 Å². The van der Waals surface area contributed by atoms with E-state index in [0.717, 1.165) is 6.42 Å². The lowest BCUT2D eigenvalue weighted by molar-refractivity contribution is 0.0811. The third-order valence-electron chi connectivity index (χ3n) is 4.53. The van der Waals surface area contributed by atoms with Gasteiger partial charge in [0, 0.05) is 12.1 Å². The molecule has 1 N–H and O–H groups in total. The molecule has 1 atom stereocenters. The predicted octanol–water partition coefficient (Wildman–Crippen LogP) is 4.95. The van der Waals surface area contributed by atoms with Crippen LogP contribution in [0.3, 0.4) is 0 Å². The Morgan fingerprint density at radius 3 is 2.14 bits per heavy atom. The zero-order valence-electron chi connectivity index (χ0n) is 14.2. The van der Waals surface area contributed by atoms with E-state index >= 15 is 0 Å². The lowest BCUT2D eigenvalue weighted by atomic mass is 9.63. The highest BCUT2D eigenvalue weighted by Gasteiger charge is 2.38. The first-order valence-corrected chi connectivity index (χ1v) is 8.16. The molecule has 0 heterocycles. The van der Waals surface area contributed by atoms with E-state index in [1.54, 1.807) is 12.1 Å². The van der Waals surface area contributed by atoms with Gasteiger partial charge >= 0.3 is 0 Å². The van der Waals surface area contributed by atoms with Crippen LogP contribution in [-0.2, 0) is 6.42 Å². The molecule has 0 amide bonds. The molecular weight excluding hydrogens is 261 g/mol. The van der Waals surface area contributed by atoms with Gasteiger partial charge in [-0.15, -0.1) is 0 Å². The minimum Gasteiger partial charge on any atom is -0.311 e. The Morgan fingerprint density at radius 2 is 1.62 bits per heavy atom. The zero-order valence-corrected chi connectivity index (χ0v) is 14.2. The maximum Gasteiger partial charge on any atom is 0.123 e. The Labute approximate surface area is 129 Å². The van der Waals surface area contributed by atoms with Crippen LogP contribution in [0.15, 0.2) is 24.3 Å². The molecular formula is C19H30FN. The van der Waals surface area contributed by atoms with Crippen LogP contribution in [0, 0.1) is 16.6 Å². The highest BCUT2D eigenvalue weighted by atomic mass is 19.1. The minimum atomic E-state index is -0.157. The number of hydrogen-bond acceptors (Lipinski definition) is 1. The number of benzene rings is 1. The smallest absolute Gasteiger partial charge is 0.123 e. The maximum absolute atomic E-state index is 13.0. The van der Waals surface area contributed by atoms with Crippen LogP contribution in [0.4, 0.5) is 4.39 Å². The van der Waals surface area contributed by atoms with E-state index in [-0.39, 0.29) is 5.82 Å². The van der Waals surface area contributed by atoms with Gasteiger partial charge in [0.1, 0.15) is 5.82 Å². The lowest BCUT2D eigenvalue weighted by Crippen LogP contribution is -2.47. The first kappa shape index (κ1) is 16.5. The van der Waals surface area contributed by atoms with Crippen LogP contribution in [0.5, 0.6) is 0 Å². The summed E-state index contributed by atoms with van der Waals surface area (Å²) in [6.07, 6.45) is 4.73. The molecule has 1 unspecified atom stereocenters. The number of nitrogens with one attached hydrogen (secondary N) is 1. The van der Waals surface area contributed by atoms with Crippen molar-refractivity contribution < 1.29 is 4.39 Å². The van der Waals surface area contributed by atoms with Gasteiger partial charge in [-0.05, 0) is 61.1 Å². The second-order valence-corrected chi connectivity index (χ2v) is 8.51. The van der Waals surface area contributed by atoms with E-state index in [1.165, 1.54) is 24.8 Å². The fraction of sp³-hybridized carbons (Fsp3) is 0.684. The van der Waals surface area contributed by atoms with Gasteiger partial charge < -0.3 is 5.32 Å². The van der Waals surface area contributed by atoms with Crippen LogP contribution in [0.2, 0.25) is 0 Å². The van der Waals surface area contributed by atoms with Crippen LogP contribution >= 0.6 is 0 Å². The first-order chi connectivity index (χ1) is 9.65. The molecule has 21 heavy (non-hydrogen) atoms. The highest BCUT2D eigenvalue weighted by molar-refractivity contribution is 5.17. The molecule has 0 bridgehead atoms. The molecule has 2 rings (SSSR count). The molecule has 1 aliphatic carbocycles. The summed E-state index contributed by atoms with van der Waals surface area (Å²) in [6, 6.07) is 7.89. The molecule has 1 nitrogen and oxygen atoms in total. The fourth-order valence-electron chi connectivity index (χ4n) is 4.40. The quantitative estimate of drug-likeness (QED) is 0.827. The van der Waals surface area contributed by atoms with E-state index in [9.17, 15) is 4.39 Å². The number of halogens is 1. The Morgan fingerprint density at radius 1 is 1.10 bits per heavy atom. The van der Waals surface area contributed by atoms with Crippen LogP contribution < -0.4 is 5.32 Å². The van der Waals surface area contributed by atoms with Gasteiger partial charge in [-0.3, -0.25) is 0 Å². The van der Waals surface area contributed by atoms with E-state index in [2.05, 4.69) is 39.9 Å². The molecule has 1 aliphatic rings. The molecule has 118 valence electrons. The third kappa shape index (κ3) is 5.10. The summed E-state index contributed by atoms with van der Waals surface area (Å²) in [5, 5.41) is 3.80. The average molecular weight is 291 g/mol. The summed E-state index contributed by atoms with van der Waals surface area (Å²) in [5.74, 6) is -0.157. The summed E-state index contributed by atoms with van der Waals surface area (Å²) in [5.41, 5.74) is 2.02. The van der Waals surface area contributed by atoms with Gasteiger partial charge in [0.25, 0.3) is 0 Å². The van der Waals surface area contributed by atoms with E-state index < -0.39 is 0 Å². The normalized spacial score (nSPS) is 23.0. The van der Waals surface area contributed by atoms with E-state index in [1.807, 2.05) is 12.1 Å². The van der Waals surface area contributed by atoms with Crippen molar-refractivity contribution in [3.05, 3.63) is 35.6 Å². The maximum atomic E-state index is 13.0. The molecule has 0 saturated heterocycles. The summed E-state index contributed by atoms with van der Waals surface area (Å²) in [6.45, 7) is 11.8. The largest absolute Gasteiger partial charge is 0.311 e. The van der Waals surface area contributed by atoms with Crippen LogP contribution in [-0.4, -0.2) is 12.1 Å². The van der Waals surface area contributed by atoms with Crippen molar-refractivity contribution in [2.45, 2.75) is 72.4 Å². The second kappa shape index (κ2) is 6.08. The Balaban J connectivity index is 1.92. The summed E-state index contributed by atoms with van der Waals surface area (Å²) < 4.78 is 13.0. The van der Waals surface area contributed by atoms with Crippen LogP contribution in [0.25, 0.3) is 0 Å². The topological polar surface area (TPSA) is 12.0 Å². The average Bonchev–Trinajstić information content (AvgIpc) is 2.27. The van der Waals surface area contributed by atoms with Gasteiger partial charge in [-0.2, -0.15) is 0 Å². The van der Waals surface area contributed by atoms with Gasteiger partial charge in [-0.25, -0.2) is 4.39 Å². The molecule has 0 aromatic heterocycles. The number of rotatable bonds is 4. The van der Waals surface area contributed by atoms with Crippen molar-refractivity contribution in [3.8, 4) is 0 Å². The molecule has 0 spiro atoms. The monoisotopic (exact) mass is 291 g/mol. The van der Waals surface area contributed by atoms with Crippen molar-refractivity contribution in [1.82, 2.24) is 5.32 Å². The molecule has 0 radical (unpaired) electrons. The SMILES string of the molecule is CC(Cc1ccc(F)cc1)NC1CC(C)(C)CC(C)(C)C1. The lowest BCUT2D eigenvalue weighted by Gasteiger charge is -2.46.